The fraction of sp³-hybridized carbons (Fsp3) is 0.438. The molecule has 0 aliphatic carbocycles. The van der Waals surface area contributed by atoms with Crippen molar-refractivity contribution in [1.29, 1.82) is 0 Å². The van der Waals surface area contributed by atoms with Gasteiger partial charge in [-0.1, -0.05) is 43.7 Å². The molecule has 1 rings (SSSR count). The predicted molar refractivity (Wildman–Crippen MR) is 88.4 cm³/mol. The number of aliphatic imine (C=N–C) groups is 1. The van der Waals surface area contributed by atoms with Gasteiger partial charge in [-0.3, -0.25) is 14.6 Å². The Labute approximate surface area is 135 Å². The van der Waals surface area contributed by atoms with Crippen molar-refractivity contribution in [2.45, 2.75) is 31.9 Å². The van der Waals surface area contributed by atoms with Crippen molar-refractivity contribution in [3.05, 3.63) is 35.9 Å². The maximum atomic E-state index is 12.5. The zero-order chi connectivity index (χ0) is 17.2. The van der Waals surface area contributed by atoms with E-state index in [1.165, 1.54) is 0 Å². The van der Waals surface area contributed by atoms with Gasteiger partial charge in [0, 0.05) is 12.1 Å². The highest BCUT2D eigenvalue weighted by molar-refractivity contribution is 5.89. The van der Waals surface area contributed by atoms with Gasteiger partial charge in [0.1, 0.15) is 0 Å². The SMILES string of the molecule is CCC(CN=C(N)N)C[C@H](N)C(=O)C(OC=O)c1ccccc1. The van der Waals surface area contributed by atoms with Gasteiger partial charge in [-0.25, -0.2) is 0 Å². The fourth-order valence-electron chi connectivity index (χ4n) is 2.27. The second kappa shape index (κ2) is 9.58. The summed E-state index contributed by atoms with van der Waals surface area (Å²) in [5, 5.41) is 0. The highest BCUT2D eigenvalue weighted by Gasteiger charge is 2.28. The Bertz CT molecular complexity index is 529. The first kappa shape index (κ1) is 18.6. The van der Waals surface area contributed by atoms with Gasteiger partial charge in [-0.15, -0.1) is 0 Å². The number of ether oxygens (including phenoxy) is 1. The average molecular weight is 320 g/mol. The van der Waals surface area contributed by atoms with E-state index in [2.05, 4.69) is 4.99 Å². The van der Waals surface area contributed by atoms with Crippen LogP contribution in [0.1, 0.15) is 31.4 Å². The lowest BCUT2D eigenvalue weighted by molar-refractivity contribution is -0.145. The number of nitrogens with two attached hydrogens (primary N) is 3. The van der Waals surface area contributed by atoms with Crippen LogP contribution in [-0.4, -0.2) is 30.8 Å². The quantitative estimate of drug-likeness (QED) is 0.326. The van der Waals surface area contributed by atoms with Crippen molar-refractivity contribution in [2.75, 3.05) is 6.54 Å². The third kappa shape index (κ3) is 6.07. The molecule has 0 aliphatic rings. The van der Waals surface area contributed by atoms with Crippen LogP contribution in [0.4, 0.5) is 0 Å². The normalized spacial score (nSPS) is 14.3. The monoisotopic (exact) mass is 320 g/mol. The van der Waals surface area contributed by atoms with Crippen molar-refractivity contribution in [2.24, 2.45) is 28.1 Å². The second-order valence-corrected chi connectivity index (χ2v) is 5.31. The van der Waals surface area contributed by atoms with E-state index in [0.29, 0.717) is 18.5 Å². The minimum absolute atomic E-state index is 0.00907. The molecule has 0 spiro atoms. The number of carbonyl (C=O) groups is 2. The number of guanidine groups is 1. The van der Waals surface area contributed by atoms with E-state index in [4.69, 9.17) is 21.9 Å². The van der Waals surface area contributed by atoms with Gasteiger partial charge in [0.2, 0.25) is 0 Å². The Balaban J connectivity index is 2.78. The van der Waals surface area contributed by atoms with Crippen LogP contribution in [0, 0.1) is 5.92 Å². The summed E-state index contributed by atoms with van der Waals surface area (Å²) in [5.41, 5.74) is 17.2. The molecule has 1 aromatic rings. The lowest BCUT2D eigenvalue weighted by atomic mass is 9.92. The van der Waals surface area contributed by atoms with Gasteiger partial charge in [0.25, 0.3) is 6.47 Å². The molecule has 6 N–H and O–H groups in total. The molecule has 0 heterocycles. The predicted octanol–water partition coefficient (Wildman–Crippen LogP) is 0.487. The molecule has 7 nitrogen and oxygen atoms in total. The van der Waals surface area contributed by atoms with E-state index in [1.807, 2.05) is 13.0 Å². The fourth-order valence-corrected chi connectivity index (χ4v) is 2.27. The zero-order valence-electron chi connectivity index (χ0n) is 13.2. The van der Waals surface area contributed by atoms with Crippen molar-refractivity contribution in [3.8, 4) is 0 Å². The molecule has 0 saturated carbocycles. The Hall–Kier alpha value is -2.41. The molecule has 0 aliphatic heterocycles. The number of hydrogen-bond donors (Lipinski definition) is 3. The second-order valence-electron chi connectivity index (χ2n) is 5.31. The summed E-state index contributed by atoms with van der Waals surface area (Å²) in [5.74, 6) is -0.259. The first-order valence-electron chi connectivity index (χ1n) is 7.48. The van der Waals surface area contributed by atoms with Crippen molar-refractivity contribution in [3.63, 3.8) is 0 Å². The molecule has 0 bridgehead atoms. The van der Waals surface area contributed by atoms with Gasteiger partial charge in [-0.2, -0.15) is 0 Å². The summed E-state index contributed by atoms with van der Waals surface area (Å²) < 4.78 is 4.95. The Morgan fingerprint density at radius 1 is 1.30 bits per heavy atom. The van der Waals surface area contributed by atoms with Gasteiger partial charge in [0.05, 0.1) is 6.04 Å². The van der Waals surface area contributed by atoms with Gasteiger partial charge >= 0.3 is 0 Å². The maximum absolute atomic E-state index is 12.5. The van der Waals surface area contributed by atoms with Crippen LogP contribution in [-0.2, 0) is 14.3 Å². The van der Waals surface area contributed by atoms with E-state index >= 15 is 0 Å². The van der Waals surface area contributed by atoms with Crippen LogP contribution < -0.4 is 17.2 Å². The number of Topliss-reactive ketones (excluding diaryl/α,β-unsaturated/α-hetero) is 1. The number of ketones is 1. The summed E-state index contributed by atoms with van der Waals surface area (Å²) in [6.45, 7) is 2.64. The third-order valence-electron chi connectivity index (χ3n) is 3.61. The topological polar surface area (TPSA) is 134 Å². The molecule has 0 saturated heterocycles. The van der Waals surface area contributed by atoms with Crippen LogP contribution in [0.15, 0.2) is 35.3 Å². The summed E-state index contributed by atoms with van der Waals surface area (Å²) in [6.07, 6.45) is 0.198. The highest BCUT2D eigenvalue weighted by Crippen LogP contribution is 2.21. The van der Waals surface area contributed by atoms with E-state index in [-0.39, 0.29) is 24.1 Å². The molecule has 7 heteroatoms. The van der Waals surface area contributed by atoms with Gasteiger partial charge in [0.15, 0.2) is 17.8 Å². The van der Waals surface area contributed by atoms with E-state index in [9.17, 15) is 9.59 Å². The standard InChI is InChI=1S/C16H24N4O3/c1-2-11(9-20-16(18)19)8-13(17)14(22)15(23-10-21)12-6-4-3-5-7-12/h3-7,10-11,13,15H,2,8-9,17H2,1H3,(H4,18,19,20)/t11?,13-,15?/m0/s1. The van der Waals surface area contributed by atoms with E-state index < -0.39 is 12.1 Å². The molecule has 0 aromatic heterocycles. The molecule has 126 valence electrons. The third-order valence-corrected chi connectivity index (χ3v) is 3.61. The molecule has 0 amide bonds. The summed E-state index contributed by atoms with van der Waals surface area (Å²) in [7, 11) is 0. The summed E-state index contributed by atoms with van der Waals surface area (Å²) >= 11 is 0. The number of carbonyl (C=O) groups excluding carboxylic acids is 2. The first-order chi connectivity index (χ1) is 11.0. The number of rotatable bonds is 10. The smallest absolute Gasteiger partial charge is 0.294 e. The van der Waals surface area contributed by atoms with Crippen LogP contribution in [0.3, 0.4) is 0 Å². The molecule has 23 heavy (non-hydrogen) atoms. The van der Waals surface area contributed by atoms with Crippen molar-refractivity contribution >= 4 is 18.2 Å². The molecule has 3 atom stereocenters. The zero-order valence-corrected chi connectivity index (χ0v) is 13.2. The van der Waals surface area contributed by atoms with Crippen LogP contribution >= 0.6 is 0 Å². The number of hydrogen-bond acceptors (Lipinski definition) is 5. The lowest BCUT2D eigenvalue weighted by Crippen LogP contribution is -2.38. The first-order valence-corrected chi connectivity index (χ1v) is 7.48. The molecular formula is C16H24N4O3. The minimum atomic E-state index is -0.996. The van der Waals surface area contributed by atoms with Gasteiger partial charge in [-0.05, 0) is 12.3 Å². The average Bonchev–Trinajstić information content (AvgIpc) is 2.56. The van der Waals surface area contributed by atoms with Crippen molar-refractivity contribution < 1.29 is 14.3 Å². The summed E-state index contributed by atoms with van der Waals surface area (Å²) in [4.78, 5) is 27.2. The van der Waals surface area contributed by atoms with Crippen molar-refractivity contribution in [1.82, 2.24) is 0 Å². The molecule has 0 radical (unpaired) electrons. The molecular weight excluding hydrogens is 296 g/mol. The van der Waals surface area contributed by atoms with Crippen LogP contribution in [0.2, 0.25) is 0 Å². The summed E-state index contributed by atoms with van der Waals surface area (Å²) in [6, 6.07) is 8.02. The Morgan fingerprint density at radius 2 is 1.96 bits per heavy atom. The van der Waals surface area contributed by atoms with E-state index in [0.717, 1.165) is 6.42 Å². The maximum Gasteiger partial charge on any atom is 0.294 e. The number of benzene rings is 1. The molecule has 0 fully saturated rings. The van der Waals surface area contributed by atoms with Crippen LogP contribution in [0.25, 0.3) is 0 Å². The Morgan fingerprint density at radius 3 is 2.48 bits per heavy atom. The Kier molecular flexibility index (Phi) is 7.76. The number of nitrogens with zero attached hydrogens (tertiary/aromatic N) is 1. The lowest BCUT2D eigenvalue weighted by Gasteiger charge is -2.21. The largest absolute Gasteiger partial charge is 0.452 e. The minimum Gasteiger partial charge on any atom is -0.452 e. The molecule has 1 aromatic carbocycles. The van der Waals surface area contributed by atoms with E-state index in [1.54, 1.807) is 24.3 Å². The van der Waals surface area contributed by atoms with Crippen LogP contribution in [0.5, 0.6) is 0 Å². The molecule has 2 unspecified atom stereocenters. The highest BCUT2D eigenvalue weighted by atomic mass is 16.5. The van der Waals surface area contributed by atoms with Gasteiger partial charge < -0.3 is 21.9 Å².